The van der Waals surface area contributed by atoms with E-state index in [-0.39, 0.29) is 5.91 Å². The van der Waals surface area contributed by atoms with Gasteiger partial charge in [0, 0.05) is 18.7 Å². The van der Waals surface area contributed by atoms with E-state index in [0.29, 0.717) is 6.54 Å². The normalized spacial score (nSPS) is 10.1. The Morgan fingerprint density at radius 2 is 1.88 bits per heavy atom. The molecule has 0 unspecified atom stereocenters. The van der Waals surface area contributed by atoms with Gasteiger partial charge in [-0.3, -0.25) is 4.79 Å². The summed E-state index contributed by atoms with van der Waals surface area (Å²) < 4.78 is 1.88. The van der Waals surface area contributed by atoms with E-state index in [1.54, 1.807) is 0 Å². The number of nitrogens with one attached hydrogen (secondary N) is 1. The lowest BCUT2D eigenvalue weighted by molar-refractivity contribution is -0.684. The topological polar surface area (TPSA) is 33.0 Å². The zero-order valence-electron chi connectivity index (χ0n) is 9.98. The fourth-order valence-electron chi connectivity index (χ4n) is 1.54. The third kappa shape index (κ3) is 5.49. The second-order valence-electron chi connectivity index (χ2n) is 3.96. The van der Waals surface area contributed by atoms with E-state index in [1.807, 2.05) is 35.2 Å². The van der Waals surface area contributed by atoms with Gasteiger partial charge in [-0.15, -0.1) is 0 Å². The molecule has 1 aromatic heterocycles. The molecule has 16 heavy (non-hydrogen) atoms. The van der Waals surface area contributed by atoms with Crippen LogP contribution in [0.2, 0.25) is 0 Å². The molecule has 0 aliphatic rings. The van der Waals surface area contributed by atoms with E-state index >= 15 is 0 Å². The number of carbonyl (C=O) groups excluding carboxylic acids is 1. The van der Waals surface area contributed by atoms with Crippen molar-refractivity contribution in [2.45, 2.75) is 39.2 Å². The lowest BCUT2D eigenvalue weighted by Gasteiger charge is -2.02. The molecule has 0 atom stereocenters. The highest BCUT2D eigenvalue weighted by atomic mass is 16.1. The van der Waals surface area contributed by atoms with Gasteiger partial charge in [0.1, 0.15) is 0 Å². The van der Waals surface area contributed by atoms with E-state index in [0.717, 1.165) is 13.0 Å². The summed E-state index contributed by atoms with van der Waals surface area (Å²) in [6.07, 6.45) is 8.57. The molecule has 0 aromatic carbocycles. The molecule has 3 heteroatoms. The summed E-state index contributed by atoms with van der Waals surface area (Å²) in [6.45, 7) is 3.39. The van der Waals surface area contributed by atoms with Crippen molar-refractivity contribution in [1.82, 2.24) is 5.32 Å². The first-order valence-corrected chi connectivity index (χ1v) is 6.03. The van der Waals surface area contributed by atoms with Crippen LogP contribution in [-0.2, 0) is 11.3 Å². The fourth-order valence-corrected chi connectivity index (χ4v) is 1.54. The molecule has 1 heterocycles. The molecular weight excluding hydrogens is 200 g/mol. The Morgan fingerprint density at radius 3 is 2.56 bits per heavy atom. The third-order valence-electron chi connectivity index (χ3n) is 2.46. The van der Waals surface area contributed by atoms with Gasteiger partial charge in [0.25, 0.3) is 5.91 Å². The number of amides is 1. The zero-order chi connectivity index (χ0) is 11.6. The third-order valence-corrected chi connectivity index (χ3v) is 2.46. The number of unbranched alkanes of at least 4 members (excludes halogenated alkanes) is 3. The van der Waals surface area contributed by atoms with Crippen LogP contribution in [-0.4, -0.2) is 12.5 Å². The fraction of sp³-hybridized carbons (Fsp3) is 0.538. The van der Waals surface area contributed by atoms with Crippen LogP contribution in [0.4, 0.5) is 0 Å². The second kappa shape index (κ2) is 7.85. The number of nitrogens with zero attached hydrogens (tertiary/aromatic N) is 1. The molecule has 0 radical (unpaired) electrons. The summed E-state index contributed by atoms with van der Waals surface area (Å²) in [5, 5.41) is 2.93. The second-order valence-corrected chi connectivity index (χ2v) is 3.96. The Kier molecular flexibility index (Phi) is 6.23. The molecule has 0 saturated heterocycles. The number of hydrogen-bond donors (Lipinski definition) is 1. The lowest BCUT2D eigenvalue weighted by Crippen LogP contribution is -2.42. The predicted molar refractivity (Wildman–Crippen MR) is 63.8 cm³/mol. The van der Waals surface area contributed by atoms with Crippen molar-refractivity contribution in [2.24, 2.45) is 0 Å². The molecule has 0 saturated carbocycles. The van der Waals surface area contributed by atoms with Crippen molar-refractivity contribution < 1.29 is 9.36 Å². The first-order chi connectivity index (χ1) is 7.83. The van der Waals surface area contributed by atoms with Gasteiger partial charge in [-0.1, -0.05) is 32.3 Å². The molecule has 0 aliphatic heterocycles. The van der Waals surface area contributed by atoms with Crippen molar-refractivity contribution in [2.75, 3.05) is 6.54 Å². The van der Waals surface area contributed by atoms with Crippen LogP contribution in [0.15, 0.2) is 30.6 Å². The summed E-state index contributed by atoms with van der Waals surface area (Å²) in [7, 11) is 0. The SMILES string of the molecule is CCCCCCNC(=O)C[n+]1ccccc1. The maximum Gasteiger partial charge on any atom is 0.285 e. The number of carbonyl (C=O) groups is 1. The molecule has 0 fully saturated rings. The van der Waals surface area contributed by atoms with E-state index < -0.39 is 0 Å². The van der Waals surface area contributed by atoms with Gasteiger partial charge in [-0.05, 0) is 6.42 Å². The van der Waals surface area contributed by atoms with Gasteiger partial charge < -0.3 is 5.32 Å². The molecule has 0 bridgehead atoms. The maximum absolute atomic E-state index is 11.5. The first kappa shape index (κ1) is 12.7. The summed E-state index contributed by atoms with van der Waals surface area (Å²) >= 11 is 0. The summed E-state index contributed by atoms with van der Waals surface area (Å²) in [6, 6.07) is 5.79. The quantitative estimate of drug-likeness (QED) is 0.551. The predicted octanol–water partition coefficient (Wildman–Crippen LogP) is 1.67. The van der Waals surface area contributed by atoms with Crippen LogP contribution in [0.3, 0.4) is 0 Å². The average Bonchev–Trinajstić information content (AvgIpc) is 2.30. The van der Waals surface area contributed by atoms with E-state index in [2.05, 4.69) is 12.2 Å². The van der Waals surface area contributed by atoms with Crippen molar-refractivity contribution in [1.29, 1.82) is 0 Å². The van der Waals surface area contributed by atoms with Gasteiger partial charge >= 0.3 is 0 Å². The van der Waals surface area contributed by atoms with E-state index in [1.165, 1.54) is 19.3 Å². The van der Waals surface area contributed by atoms with Gasteiger partial charge in [0.2, 0.25) is 6.54 Å². The highest BCUT2D eigenvalue weighted by Gasteiger charge is 2.06. The monoisotopic (exact) mass is 221 g/mol. The number of rotatable bonds is 7. The maximum atomic E-state index is 11.5. The van der Waals surface area contributed by atoms with Crippen molar-refractivity contribution in [3.05, 3.63) is 30.6 Å². The Labute approximate surface area is 97.5 Å². The van der Waals surface area contributed by atoms with Crippen LogP contribution < -0.4 is 9.88 Å². The minimum Gasteiger partial charge on any atom is -0.351 e. The largest absolute Gasteiger partial charge is 0.351 e. The summed E-state index contributed by atoms with van der Waals surface area (Å²) in [5.74, 6) is 0.0905. The standard InChI is InChI=1S/C13H20N2O/c1-2-3-4-6-9-14-13(16)12-15-10-7-5-8-11-15/h5,7-8,10-11H,2-4,6,9,12H2,1H3/p+1. The number of pyridine rings is 1. The zero-order valence-corrected chi connectivity index (χ0v) is 9.98. The lowest BCUT2D eigenvalue weighted by atomic mass is 10.2. The number of hydrogen-bond acceptors (Lipinski definition) is 1. The highest BCUT2D eigenvalue weighted by molar-refractivity contribution is 5.74. The molecule has 1 aromatic rings. The minimum atomic E-state index is 0.0905. The van der Waals surface area contributed by atoms with Gasteiger partial charge in [0.15, 0.2) is 12.4 Å². The summed E-state index contributed by atoms with van der Waals surface area (Å²) in [4.78, 5) is 11.5. The van der Waals surface area contributed by atoms with Crippen molar-refractivity contribution in [3.63, 3.8) is 0 Å². The molecular formula is C13H21N2O+. The summed E-state index contributed by atoms with van der Waals surface area (Å²) in [5.41, 5.74) is 0. The van der Waals surface area contributed by atoms with Gasteiger partial charge in [-0.25, -0.2) is 0 Å². The number of aromatic nitrogens is 1. The van der Waals surface area contributed by atoms with E-state index in [9.17, 15) is 4.79 Å². The molecule has 0 spiro atoms. The minimum absolute atomic E-state index is 0.0905. The van der Waals surface area contributed by atoms with Crippen molar-refractivity contribution in [3.8, 4) is 0 Å². The Bertz CT molecular complexity index is 298. The average molecular weight is 221 g/mol. The highest BCUT2D eigenvalue weighted by Crippen LogP contribution is 1.96. The van der Waals surface area contributed by atoms with Crippen LogP contribution in [0.1, 0.15) is 32.6 Å². The first-order valence-electron chi connectivity index (χ1n) is 6.03. The van der Waals surface area contributed by atoms with Gasteiger partial charge in [0.05, 0.1) is 0 Å². The molecule has 1 rings (SSSR count). The molecule has 3 nitrogen and oxygen atoms in total. The smallest absolute Gasteiger partial charge is 0.285 e. The van der Waals surface area contributed by atoms with Crippen LogP contribution in [0.5, 0.6) is 0 Å². The van der Waals surface area contributed by atoms with Crippen LogP contribution >= 0.6 is 0 Å². The molecule has 88 valence electrons. The molecule has 1 N–H and O–H groups in total. The van der Waals surface area contributed by atoms with Crippen molar-refractivity contribution >= 4 is 5.91 Å². The van der Waals surface area contributed by atoms with Crippen LogP contribution in [0.25, 0.3) is 0 Å². The Balaban J connectivity index is 2.12. The Morgan fingerprint density at radius 1 is 1.12 bits per heavy atom. The van der Waals surface area contributed by atoms with Crippen LogP contribution in [0, 0.1) is 0 Å². The Hall–Kier alpha value is -1.38. The molecule has 0 aliphatic carbocycles. The van der Waals surface area contributed by atoms with Gasteiger partial charge in [-0.2, -0.15) is 4.57 Å². The van der Waals surface area contributed by atoms with E-state index in [4.69, 9.17) is 0 Å². The molecule has 1 amide bonds.